The molecule has 0 aliphatic carbocycles. The Morgan fingerprint density at radius 3 is 2.64 bits per heavy atom. The van der Waals surface area contributed by atoms with Crippen LogP contribution in [0.2, 0.25) is 0 Å². The lowest BCUT2D eigenvalue weighted by Gasteiger charge is -2.08. The number of nitrogens with zero attached hydrogens (tertiary/aromatic N) is 1. The Bertz CT molecular complexity index is 899. The summed E-state index contributed by atoms with van der Waals surface area (Å²) < 4.78 is 7.25. The highest BCUT2D eigenvalue weighted by molar-refractivity contribution is 6.06. The molecule has 0 bridgehead atoms. The van der Waals surface area contributed by atoms with Crippen LogP contribution in [0.3, 0.4) is 0 Å². The number of carbonyl (C=O) groups excluding carboxylic acids is 1. The first-order valence-electron chi connectivity index (χ1n) is 8.30. The topological polar surface area (TPSA) is 55.3 Å². The number of fused-ring (bicyclic) bond motifs is 1. The van der Waals surface area contributed by atoms with Crippen LogP contribution in [0, 0.1) is 13.8 Å². The summed E-state index contributed by atoms with van der Waals surface area (Å²) in [5, 5.41) is 6.85. The maximum Gasteiger partial charge on any atom is 0.323 e. The van der Waals surface area contributed by atoms with E-state index in [1.807, 2.05) is 62.5 Å². The van der Waals surface area contributed by atoms with Crippen LogP contribution in [0.25, 0.3) is 10.9 Å². The van der Waals surface area contributed by atoms with Crippen molar-refractivity contribution in [2.45, 2.75) is 20.4 Å². The highest BCUT2D eigenvalue weighted by atomic mass is 16.5. The van der Waals surface area contributed by atoms with Crippen molar-refractivity contribution < 1.29 is 9.53 Å². The van der Waals surface area contributed by atoms with Gasteiger partial charge in [-0.25, -0.2) is 4.79 Å². The maximum absolute atomic E-state index is 12.4. The van der Waals surface area contributed by atoms with E-state index in [0.717, 1.165) is 34.4 Å². The third-order valence-corrected chi connectivity index (χ3v) is 4.34. The van der Waals surface area contributed by atoms with Gasteiger partial charge in [0.25, 0.3) is 0 Å². The summed E-state index contributed by atoms with van der Waals surface area (Å²) in [6.45, 7) is 5.43. The molecule has 0 unspecified atom stereocenters. The lowest BCUT2D eigenvalue weighted by atomic mass is 10.1. The zero-order valence-electron chi connectivity index (χ0n) is 14.8. The van der Waals surface area contributed by atoms with Crippen molar-refractivity contribution >= 4 is 28.3 Å². The summed E-state index contributed by atoms with van der Waals surface area (Å²) in [6, 6.07) is 13.6. The molecule has 2 aromatic carbocycles. The van der Waals surface area contributed by atoms with Crippen LogP contribution < -0.4 is 10.6 Å². The molecule has 0 spiro atoms. The lowest BCUT2D eigenvalue weighted by molar-refractivity contribution is 0.188. The molecule has 0 fully saturated rings. The molecule has 5 nitrogen and oxygen atoms in total. The second kappa shape index (κ2) is 7.40. The van der Waals surface area contributed by atoms with Crippen LogP contribution >= 0.6 is 0 Å². The number of aryl methyl sites for hydroxylation is 2. The van der Waals surface area contributed by atoms with E-state index in [1.54, 1.807) is 7.11 Å². The minimum Gasteiger partial charge on any atom is -0.383 e. The first-order valence-corrected chi connectivity index (χ1v) is 8.30. The first-order chi connectivity index (χ1) is 12.1. The van der Waals surface area contributed by atoms with Gasteiger partial charge in [-0.2, -0.15) is 0 Å². The number of rotatable bonds is 5. The smallest absolute Gasteiger partial charge is 0.323 e. The molecule has 0 aliphatic heterocycles. The Balaban J connectivity index is 1.79. The van der Waals surface area contributed by atoms with Gasteiger partial charge in [-0.1, -0.05) is 24.3 Å². The molecule has 5 heteroatoms. The highest BCUT2D eigenvalue weighted by Gasteiger charge is 2.11. The van der Waals surface area contributed by atoms with Crippen molar-refractivity contribution in [2.24, 2.45) is 0 Å². The predicted molar refractivity (Wildman–Crippen MR) is 102 cm³/mol. The summed E-state index contributed by atoms with van der Waals surface area (Å²) in [4.78, 5) is 12.4. The summed E-state index contributed by atoms with van der Waals surface area (Å²) in [7, 11) is 1.68. The van der Waals surface area contributed by atoms with Gasteiger partial charge in [0, 0.05) is 30.9 Å². The van der Waals surface area contributed by atoms with E-state index in [2.05, 4.69) is 15.2 Å². The van der Waals surface area contributed by atoms with Crippen molar-refractivity contribution in [3.05, 3.63) is 59.8 Å². The van der Waals surface area contributed by atoms with Crippen LogP contribution in [0.1, 0.15) is 11.1 Å². The second-order valence-corrected chi connectivity index (χ2v) is 6.12. The molecule has 0 aliphatic rings. The number of methoxy groups -OCH3 is 1. The van der Waals surface area contributed by atoms with Crippen molar-refractivity contribution in [3.63, 3.8) is 0 Å². The molecular weight excluding hydrogens is 314 g/mol. The van der Waals surface area contributed by atoms with Gasteiger partial charge in [0.05, 0.1) is 17.8 Å². The van der Waals surface area contributed by atoms with Crippen LogP contribution in [0.4, 0.5) is 16.2 Å². The van der Waals surface area contributed by atoms with Gasteiger partial charge >= 0.3 is 6.03 Å². The minimum atomic E-state index is -0.252. The molecule has 2 N–H and O–H groups in total. The van der Waals surface area contributed by atoms with Gasteiger partial charge in [0.2, 0.25) is 0 Å². The largest absolute Gasteiger partial charge is 0.383 e. The summed E-state index contributed by atoms with van der Waals surface area (Å²) in [5.74, 6) is 0. The summed E-state index contributed by atoms with van der Waals surface area (Å²) >= 11 is 0. The number of amides is 2. The fraction of sp³-hybridized carbons (Fsp3) is 0.250. The maximum atomic E-state index is 12.4. The Kier molecular flexibility index (Phi) is 5.05. The number of ether oxygens (including phenoxy) is 1. The van der Waals surface area contributed by atoms with E-state index in [4.69, 9.17) is 4.74 Å². The van der Waals surface area contributed by atoms with Gasteiger partial charge < -0.3 is 19.9 Å². The number of urea groups is 1. The van der Waals surface area contributed by atoms with E-state index >= 15 is 0 Å². The normalized spacial score (nSPS) is 10.8. The zero-order chi connectivity index (χ0) is 17.8. The molecule has 0 saturated carbocycles. The fourth-order valence-electron chi connectivity index (χ4n) is 2.82. The van der Waals surface area contributed by atoms with Gasteiger partial charge in [-0.15, -0.1) is 0 Å². The van der Waals surface area contributed by atoms with Crippen molar-refractivity contribution in [1.29, 1.82) is 0 Å². The van der Waals surface area contributed by atoms with Crippen molar-refractivity contribution in [2.75, 3.05) is 24.4 Å². The average molecular weight is 337 g/mol. The molecule has 1 aromatic heterocycles. The van der Waals surface area contributed by atoms with Crippen LogP contribution in [-0.2, 0) is 11.3 Å². The number of aromatic nitrogens is 1. The quantitative estimate of drug-likeness (QED) is 0.718. The molecule has 3 aromatic rings. The lowest BCUT2D eigenvalue weighted by Crippen LogP contribution is -2.19. The fourth-order valence-corrected chi connectivity index (χ4v) is 2.82. The summed E-state index contributed by atoms with van der Waals surface area (Å²) in [5.41, 5.74) is 4.99. The van der Waals surface area contributed by atoms with Crippen molar-refractivity contribution in [1.82, 2.24) is 4.57 Å². The van der Waals surface area contributed by atoms with Gasteiger partial charge in [0.1, 0.15) is 0 Å². The van der Waals surface area contributed by atoms with E-state index in [9.17, 15) is 4.79 Å². The third kappa shape index (κ3) is 3.83. The first kappa shape index (κ1) is 17.0. The Hall–Kier alpha value is -2.79. The van der Waals surface area contributed by atoms with Crippen LogP contribution in [-0.4, -0.2) is 24.3 Å². The SMILES string of the molecule is COCCn1cc(NC(=O)Nc2ccc(C)c(C)c2)c2ccccc21. The number of hydrogen-bond acceptors (Lipinski definition) is 2. The number of carbonyl (C=O) groups is 1. The number of nitrogens with one attached hydrogen (secondary N) is 2. The summed E-state index contributed by atoms with van der Waals surface area (Å²) in [6.07, 6.45) is 1.95. The van der Waals surface area contributed by atoms with E-state index in [1.165, 1.54) is 5.56 Å². The van der Waals surface area contributed by atoms with Gasteiger partial charge in [-0.3, -0.25) is 0 Å². The molecular formula is C20H23N3O2. The van der Waals surface area contributed by atoms with Crippen LogP contribution in [0.15, 0.2) is 48.7 Å². The number of hydrogen-bond donors (Lipinski definition) is 2. The van der Waals surface area contributed by atoms with E-state index < -0.39 is 0 Å². The molecule has 130 valence electrons. The number of benzene rings is 2. The van der Waals surface area contributed by atoms with Gasteiger partial charge in [-0.05, 0) is 43.2 Å². The average Bonchev–Trinajstić information content (AvgIpc) is 2.94. The van der Waals surface area contributed by atoms with E-state index in [-0.39, 0.29) is 6.03 Å². The monoisotopic (exact) mass is 337 g/mol. The minimum absolute atomic E-state index is 0.252. The molecule has 1 heterocycles. The molecule has 0 atom stereocenters. The highest BCUT2D eigenvalue weighted by Crippen LogP contribution is 2.26. The Morgan fingerprint density at radius 2 is 1.88 bits per heavy atom. The van der Waals surface area contributed by atoms with Crippen LogP contribution in [0.5, 0.6) is 0 Å². The predicted octanol–water partition coefficient (Wildman–Crippen LogP) is 4.55. The zero-order valence-corrected chi connectivity index (χ0v) is 14.8. The van der Waals surface area contributed by atoms with E-state index in [0.29, 0.717) is 6.61 Å². The molecule has 0 radical (unpaired) electrons. The molecule has 3 rings (SSSR count). The van der Waals surface area contributed by atoms with Gasteiger partial charge in [0.15, 0.2) is 0 Å². The second-order valence-electron chi connectivity index (χ2n) is 6.12. The molecule has 0 saturated heterocycles. The molecule has 25 heavy (non-hydrogen) atoms. The Morgan fingerprint density at radius 1 is 1.08 bits per heavy atom. The molecule has 2 amide bonds. The third-order valence-electron chi connectivity index (χ3n) is 4.34. The number of para-hydroxylation sites is 1. The Labute approximate surface area is 147 Å². The van der Waals surface area contributed by atoms with Crippen molar-refractivity contribution in [3.8, 4) is 0 Å². The number of anilines is 2. The standard InChI is InChI=1S/C20H23N3O2/c1-14-8-9-16(12-15(14)2)21-20(24)22-18-13-23(10-11-25-3)19-7-5-4-6-17(18)19/h4-9,12-13H,10-11H2,1-3H3,(H2,21,22,24).